The first-order valence-corrected chi connectivity index (χ1v) is 9.82. The number of alkyl halides is 1. The number of hydrogen-bond acceptors (Lipinski definition) is 2. The predicted molar refractivity (Wildman–Crippen MR) is 95.0 cm³/mol. The van der Waals surface area contributed by atoms with Gasteiger partial charge in [0.2, 0.25) is 0 Å². The van der Waals surface area contributed by atoms with Crippen molar-refractivity contribution in [3.05, 3.63) is 0 Å². The summed E-state index contributed by atoms with van der Waals surface area (Å²) in [5.74, 6) is 0. The Kier molecular flexibility index (Phi) is 11.1. The van der Waals surface area contributed by atoms with Crippen LogP contribution >= 0.6 is 0 Å². The maximum atomic E-state index is 13.7. The van der Waals surface area contributed by atoms with Gasteiger partial charge in [0, 0.05) is 25.2 Å². The Hall–Kier alpha value is -0.150. The van der Waals surface area contributed by atoms with Gasteiger partial charge >= 0.3 is 0 Å². The molecule has 1 aliphatic heterocycles. The highest BCUT2D eigenvalue weighted by atomic mass is 19.1. The molecule has 0 bridgehead atoms. The Morgan fingerprint density at radius 2 is 1.36 bits per heavy atom. The van der Waals surface area contributed by atoms with Gasteiger partial charge in [-0.3, -0.25) is 4.90 Å². The van der Waals surface area contributed by atoms with E-state index in [0.29, 0.717) is 12.6 Å². The lowest BCUT2D eigenvalue weighted by Crippen LogP contribution is -2.35. The smallest absolute Gasteiger partial charge is 0.129 e. The fraction of sp³-hybridized carbons (Fsp3) is 1.00. The molecule has 0 aromatic rings. The molecule has 1 rings (SSSR count). The van der Waals surface area contributed by atoms with Gasteiger partial charge in [-0.1, -0.05) is 78.1 Å². The quantitative estimate of drug-likeness (QED) is 0.482. The van der Waals surface area contributed by atoms with Crippen LogP contribution in [0.25, 0.3) is 0 Å². The molecule has 2 nitrogen and oxygen atoms in total. The first kappa shape index (κ1) is 19.9. The summed E-state index contributed by atoms with van der Waals surface area (Å²) in [6, 6.07) is 0.303. The first-order chi connectivity index (χ1) is 10.7. The topological polar surface area (TPSA) is 29.3 Å². The van der Waals surface area contributed by atoms with Crippen LogP contribution in [-0.4, -0.2) is 36.2 Å². The summed E-state index contributed by atoms with van der Waals surface area (Å²) >= 11 is 0. The van der Waals surface area contributed by atoms with Crippen molar-refractivity contribution >= 4 is 0 Å². The minimum absolute atomic E-state index is 0.261. The fourth-order valence-corrected chi connectivity index (χ4v) is 3.59. The number of likely N-dealkylation sites (tertiary alicyclic amines) is 1. The number of halogens is 1. The van der Waals surface area contributed by atoms with Gasteiger partial charge in [0.25, 0.3) is 0 Å². The molecular formula is C19H39FN2. The number of rotatable bonds is 13. The number of nitrogens with zero attached hydrogens (tertiary/aromatic N) is 1. The molecule has 1 fully saturated rings. The van der Waals surface area contributed by atoms with Crippen molar-refractivity contribution in [2.45, 2.75) is 109 Å². The molecule has 1 saturated heterocycles. The van der Waals surface area contributed by atoms with Gasteiger partial charge in [0.05, 0.1) is 0 Å². The average Bonchev–Trinajstić information content (AvgIpc) is 2.84. The summed E-state index contributed by atoms with van der Waals surface area (Å²) in [6.07, 6.45) is 14.9. The minimum Gasteiger partial charge on any atom is -0.324 e. The van der Waals surface area contributed by atoms with E-state index in [-0.39, 0.29) is 6.04 Å². The second-order valence-corrected chi connectivity index (χ2v) is 7.19. The molecule has 0 aliphatic carbocycles. The van der Waals surface area contributed by atoms with E-state index in [4.69, 9.17) is 5.73 Å². The van der Waals surface area contributed by atoms with E-state index in [0.717, 1.165) is 6.54 Å². The SMILES string of the molecule is CCCCCCCC(CCCCCCC)N1C[C@H](N)[C@@H](F)C1. The third-order valence-electron chi connectivity index (χ3n) is 5.12. The molecular weight excluding hydrogens is 275 g/mol. The maximum absolute atomic E-state index is 13.7. The highest BCUT2D eigenvalue weighted by molar-refractivity contribution is 4.90. The molecule has 0 amide bonds. The molecule has 132 valence electrons. The Balaban J connectivity index is 2.29. The lowest BCUT2D eigenvalue weighted by Gasteiger charge is -2.28. The second kappa shape index (κ2) is 12.3. The minimum atomic E-state index is -0.817. The zero-order valence-corrected chi connectivity index (χ0v) is 15.0. The highest BCUT2D eigenvalue weighted by Crippen LogP contribution is 2.23. The van der Waals surface area contributed by atoms with Crippen molar-refractivity contribution in [2.24, 2.45) is 5.73 Å². The van der Waals surface area contributed by atoms with E-state index in [1.54, 1.807) is 0 Å². The number of hydrogen-bond donors (Lipinski definition) is 1. The van der Waals surface area contributed by atoms with Gasteiger partial charge < -0.3 is 5.73 Å². The standard InChI is InChI=1S/C19H39FN2/c1-3-5-7-9-11-13-17(14-12-10-8-6-4-2)22-15-18(20)19(21)16-22/h17-19H,3-16,21H2,1-2H3/t18-,19-/m0/s1. The van der Waals surface area contributed by atoms with Crippen molar-refractivity contribution in [1.29, 1.82) is 0 Å². The molecule has 2 atom stereocenters. The molecule has 2 N–H and O–H groups in total. The third-order valence-corrected chi connectivity index (χ3v) is 5.12. The van der Waals surface area contributed by atoms with Crippen molar-refractivity contribution in [1.82, 2.24) is 4.90 Å². The lowest BCUT2D eigenvalue weighted by atomic mass is 9.99. The zero-order chi connectivity index (χ0) is 16.2. The van der Waals surface area contributed by atoms with E-state index in [9.17, 15) is 4.39 Å². The van der Waals surface area contributed by atoms with Crippen LogP contribution in [0.4, 0.5) is 4.39 Å². The van der Waals surface area contributed by atoms with Crippen LogP contribution in [0.5, 0.6) is 0 Å². The summed E-state index contributed by atoms with van der Waals surface area (Å²) in [5.41, 5.74) is 5.88. The molecule has 1 aliphatic rings. The molecule has 0 unspecified atom stereocenters. The van der Waals surface area contributed by atoms with E-state index >= 15 is 0 Å². The normalized spacial score (nSPS) is 22.8. The van der Waals surface area contributed by atoms with Gasteiger partial charge in [-0.15, -0.1) is 0 Å². The summed E-state index contributed by atoms with van der Waals surface area (Å²) < 4.78 is 13.7. The van der Waals surface area contributed by atoms with E-state index in [2.05, 4.69) is 18.7 Å². The van der Waals surface area contributed by atoms with Crippen LogP contribution in [0.2, 0.25) is 0 Å². The fourth-order valence-electron chi connectivity index (χ4n) is 3.59. The zero-order valence-electron chi connectivity index (χ0n) is 15.0. The van der Waals surface area contributed by atoms with Crippen LogP contribution in [0.1, 0.15) is 90.9 Å². The van der Waals surface area contributed by atoms with Gasteiger partial charge in [-0.05, 0) is 12.8 Å². The van der Waals surface area contributed by atoms with Gasteiger partial charge in [0.15, 0.2) is 0 Å². The van der Waals surface area contributed by atoms with Gasteiger partial charge in [0.1, 0.15) is 6.17 Å². The summed E-state index contributed by atoms with van der Waals surface area (Å²) in [4.78, 5) is 2.34. The largest absolute Gasteiger partial charge is 0.324 e. The maximum Gasteiger partial charge on any atom is 0.129 e. The van der Waals surface area contributed by atoms with Gasteiger partial charge in [-0.25, -0.2) is 4.39 Å². The third kappa shape index (κ3) is 7.92. The van der Waals surface area contributed by atoms with E-state index in [1.807, 2.05) is 0 Å². The Bertz CT molecular complexity index is 236. The molecule has 0 saturated carbocycles. The van der Waals surface area contributed by atoms with Crippen molar-refractivity contribution in [3.8, 4) is 0 Å². The molecule has 0 spiro atoms. The van der Waals surface area contributed by atoms with Crippen LogP contribution < -0.4 is 5.73 Å². The Labute approximate surface area is 138 Å². The molecule has 1 heterocycles. The highest BCUT2D eigenvalue weighted by Gasteiger charge is 2.33. The first-order valence-electron chi connectivity index (χ1n) is 9.82. The van der Waals surface area contributed by atoms with Crippen molar-refractivity contribution in [2.75, 3.05) is 13.1 Å². The Morgan fingerprint density at radius 1 is 0.864 bits per heavy atom. The van der Waals surface area contributed by atoms with Crippen LogP contribution in [0, 0.1) is 0 Å². The molecule has 0 radical (unpaired) electrons. The van der Waals surface area contributed by atoms with Crippen LogP contribution in [0.3, 0.4) is 0 Å². The molecule has 3 heteroatoms. The molecule has 0 aromatic heterocycles. The summed E-state index contributed by atoms with van der Waals surface area (Å²) in [7, 11) is 0. The predicted octanol–water partition coefficient (Wildman–Crippen LogP) is 5.06. The molecule has 0 aromatic carbocycles. The summed E-state index contributed by atoms with van der Waals surface area (Å²) in [6.45, 7) is 5.84. The average molecular weight is 315 g/mol. The number of nitrogens with two attached hydrogens (primary N) is 1. The summed E-state index contributed by atoms with van der Waals surface area (Å²) in [5, 5.41) is 0. The second-order valence-electron chi connectivity index (χ2n) is 7.19. The lowest BCUT2D eigenvalue weighted by molar-refractivity contribution is 0.193. The van der Waals surface area contributed by atoms with Crippen molar-refractivity contribution < 1.29 is 4.39 Å². The van der Waals surface area contributed by atoms with Crippen LogP contribution in [-0.2, 0) is 0 Å². The molecule has 22 heavy (non-hydrogen) atoms. The number of unbranched alkanes of at least 4 members (excludes halogenated alkanes) is 8. The van der Waals surface area contributed by atoms with Crippen molar-refractivity contribution in [3.63, 3.8) is 0 Å². The van der Waals surface area contributed by atoms with Crippen LogP contribution in [0.15, 0.2) is 0 Å². The van der Waals surface area contributed by atoms with E-state index < -0.39 is 6.17 Å². The Morgan fingerprint density at radius 3 is 1.77 bits per heavy atom. The van der Waals surface area contributed by atoms with Gasteiger partial charge in [-0.2, -0.15) is 0 Å². The monoisotopic (exact) mass is 314 g/mol. The van der Waals surface area contributed by atoms with E-state index in [1.165, 1.54) is 77.0 Å².